The summed E-state index contributed by atoms with van der Waals surface area (Å²) in [4.78, 5) is 2.81. The van der Waals surface area contributed by atoms with E-state index in [-0.39, 0.29) is 36.3 Å². The SMILES string of the molecule is [2H]c1[nH]c2c([2H])c([2H])c([2H])c([2H])c2c1C1CCNC1. The summed E-state index contributed by atoms with van der Waals surface area (Å²) in [5.74, 6) is 0.140. The van der Waals surface area contributed by atoms with Gasteiger partial charge in [0, 0.05) is 23.6 Å². The second-order valence-electron chi connectivity index (χ2n) is 3.60. The summed E-state index contributed by atoms with van der Waals surface area (Å²) in [6.07, 6.45) is 1.09. The molecule has 1 aliphatic heterocycles. The van der Waals surface area contributed by atoms with Gasteiger partial charge < -0.3 is 10.3 Å². The zero-order valence-corrected chi connectivity index (χ0v) is 7.70. The summed E-state index contributed by atoms with van der Waals surface area (Å²) in [6.45, 7) is 1.63. The van der Waals surface area contributed by atoms with Gasteiger partial charge in [-0.1, -0.05) is 18.1 Å². The van der Waals surface area contributed by atoms with Crippen molar-refractivity contribution in [3.05, 3.63) is 35.9 Å². The lowest BCUT2D eigenvalue weighted by Crippen LogP contribution is -2.07. The van der Waals surface area contributed by atoms with Gasteiger partial charge in [0.1, 0.15) is 0 Å². The fourth-order valence-electron chi connectivity index (χ4n) is 2.01. The lowest BCUT2D eigenvalue weighted by Gasteiger charge is -2.05. The second-order valence-corrected chi connectivity index (χ2v) is 3.60. The van der Waals surface area contributed by atoms with Crippen molar-refractivity contribution >= 4 is 10.9 Å². The molecule has 2 nitrogen and oxygen atoms in total. The van der Waals surface area contributed by atoms with Crippen molar-refractivity contribution < 1.29 is 6.85 Å². The van der Waals surface area contributed by atoms with Gasteiger partial charge in [-0.2, -0.15) is 0 Å². The Bertz CT molecular complexity index is 658. The van der Waals surface area contributed by atoms with E-state index in [0.29, 0.717) is 16.5 Å². The van der Waals surface area contributed by atoms with Crippen LogP contribution in [0.1, 0.15) is 24.8 Å². The maximum Gasteiger partial charge on any atom is 0.0819 e. The third-order valence-electron chi connectivity index (χ3n) is 2.75. The highest BCUT2D eigenvalue weighted by molar-refractivity contribution is 5.83. The molecule has 0 spiro atoms. The minimum absolute atomic E-state index is 0.0485. The van der Waals surface area contributed by atoms with Crippen LogP contribution in [0.5, 0.6) is 0 Å². The zero-order chi connectivity index (χ0) is 13.7. The molecule has 2 heterocycles. The predicted octanol–water partition coefficient (Wildman–Crippen LogP) is 2.24. The molecular formula is C12H14N2. The summed E-state index contributed by atoms with van der Waals surface area (Å²) in [5.41, 5.74) is 1.06. The molecule has 0 saturated carbocycles. The highest BCUT2D eigenvalue weighted by atomic mass is 14.9. The Labute approximate surface area is 90.4 Å². The fourth-order valence-corrected chi connectivity index (χ4v) is 2.01. The van der Waals surface area contributed by atoms with E-state index in [1.807, 2.05) is 0 Å². The average molecular weight is 191 g/mol. The molecule has 1 atom stereocenters. The summed E-state index contributed by atoms with van der Waals surface area (Å²) >= 11 is 0. The van der Waals surface area contributed by atoms with Crippen molar-refractivity contribution in [1.29, 1.82) is 0 Å². The van der Waals surface area contributed by atoms with Crippen molar-refractivity contribution in [3.63, 3.8) is 0 Å². The molecule has 1 aromatic carbocycles. The third kappa shape index (κ3) is 1.15. The van der Waals surface area contributed by atoms with Gasteiger partial charge in [-0.3, -0.25) is 0 Å². The van der Waals surface area contributed by atoms with Gasteiger partial charge in [0.15, 0.2) is 0 Å². The second kappa shape index (κ2) is 3.14. The van der Waals surface area contributed by atoms with E-state index in [2.05, 4.69) is 10.3 Å². The maximum atomic E-state index is 8.03. The first-order chi connectivity index (χ1) is 9.02. The number of benzene rings is 1. The number of aromatic nitrogens is 1. The maximum absolute atomic E-state index is 8.03. The molecule has 1 aliphatic rings. The molecule has 2 N–H and O–H groups in total. The standard InChI is InChI=1S/C12H14N2/c1-2-4-12-10(3-1)11(8-14-12)9-5-6-13-7-9/h1-4,8-9,13-14H,5-7H2/i1D,2D,3D,4D,8D. The van der Waals surface area contributed by atoms with Crippen molar-refractivity contribution in [3.8, 4) is 0 Å². The van der Waals surface area contributed by atoms with Crippen LogP contribution >= 0.6 is 0 Å². The lowest BCUT2D eigenvalue weighted by atomic mass is 9.98. The van der Waals surface area contributed by atoms with Crippen LogP contribution in [-0.4, -0.2) is 18.1 Å². The number of rotatable bonds is 1. The molecule has 0 bridgehead atoms. The first kappa shape index (κ1) is 4.49. The first-order valence-corrected chi connectivity index (χ1v) is 4.81. The topological polar surface area (TPSA) is 27.8 Å². The van der Waals surface area contributed by atoms with Gasteiger partial charge in [0.05, 0.1) is 6.85 Å². The van der Waals surface area contributed by atoms with Crippen molar-refractivity contribution in [2.45, 2.75) is 12.3 Å². The van der Waals surface area contributed by atoms with Gasteiger partial charge in [-0.25, -0.2) is 0 Å². The Morgan fingerprint density at radius 3 is 3.14 bits per heavy atom. The van der Waals surface area contributed by atoms with Crippen LogP contribution in [0.3, 0.4) is 0 Å². The van der Waals surface area contributed by atoms with E-state index in [1.165, 1.54) is 0 Å². The molecule has 1 fully saturated rings. The summed E-state index contributed by atoms with van der Waals surface area (Å²) in [5, 5.41) is 3.70. The highest BCUT2D eigenvalue weighted by Gasteiger charge is 2.19. The molecule has 2 heteroatoms. The van der Waals surface area contributed by atoms with Crippen LogP contribution in [0.25, 0.3) is 10.9 Å². The Kier molecular flexibility index (Phi) is 1.01. The average Bonchev–Trinajstić information content (AvgIpc) is 3.00. The zero-order valence-electron chi connectivity index (χ0n) is 12.7. The van der Waals surface area contributed by atoms with Crippen molar-refractivity contribution in [1.82, 2.24) is 10.3 Å². The summed E-state index contributed by atoms with van der Waals surface area (Å²) < 4.78 is 39.4. The third-order valence-corrected chi connectivity index (χ3v) is 2.75. The number of hydrogen-bond acceptors (Lipinski definition) is 1. The van der Waals surface area contributed by atoms with Crippen LogP contribution in [-0.2, 0) is 0 Å². The Morgan fingerprint density at radius 2 is 2.29 bits per heavy atom. The number of aromatic amines is 1. The molecule has 0 aliphatic carbocycles. The molecule has 2 aromatic rings. The van der Waals surface area contributed by atoms with Crippen LogP contribution in [0.15, 0.2) is 30.3 Å². The molecule has 0 radical (unpaired) electrons. The van der Waals surface area contributed by atoms with Gasteiger partial charge in [-0.15, -0.1) is 0 Å². The molecule has 1 aromatic heterocycles. The number of fused-ring (bicyclic) bond motifs is 1. The van der Waals surface area contributed by atoms with Gasteiger partial charge >= 0.3 is 0 Å². The molecule has 72 valence electrons. The molecule has 0 amide bonds. The summed E-state index contributed by atoms with van der Waals surface area (Å²) in [6, 6.07) is -0.632. The largest absolute Gasteiger partial charge is 0.361 e. The smallest absolute Gasteiger partial charge is 0.0819 e. The normalized spacial score (nSPS) is 26.9. The Morgan fingerprint density at radius 1 is 1.36 bits per heavy atom. The van der Waals surface area contributed by atoms with Gasteiger partial charge in [0.2, 0.25) is 0 Å². The van der Waals surface area contributed by atoms with Crippen molar-refractivity contribution in [2.75, 3.05) is 13.1 Å². The van der Waals surface area contributed by atoms with Crippen LogP contribution in [0.2, 0.25) is 0 Å². The van der Waals surface area contributed by atoms with E-state index in [9.17, 15) is 0 Å². The Hall–Kier alpha value is -1.28. The van der Waals surface area contributed by atoms with E-state index in [0.717, 1.165) is 19.5 Å². The highest BCUT2D eigenvalue weighted by Crippen LogP contribution is 2.28. The van der Waals surface area contributed by atoms with Crippen molar-refractivity contribution in [2.24, 2.45) is 0 Å². The Balaban J connectivity index is 2.36. The molecule has 14 heavy (non-hydrogen) atoms. The first-order valence-electron chi connectivity index (χ1n) is 7.31. The summed E-state index contributed by atoms with van der Waals surface area (Å²) in [7, 11) is 0. The minimum atomic E-state index is -0.255. The van der Waals surface area contributed by atoms with E-state index in [4.69, 9.17) is 6.85 Å². The molecule has 3 rings (SSSR count). The van der Waals surface area contributed by atoms with Crippen LogP contribution in [0.4, 0.5) is 0 Å². The molecular weight excluding hydrogens is 172 g/mol. The number of para-hydroxylation sites is 1. The number of nitrogens with one attached hydrogen (secondary N) is 2. The minimum Gasteiger partial charge on any atom is -0.361 e. The van der Waals surface area contributed by atoms with Crippen LogP contribution in [0, 0.1) is 0 Å². The van der Waals surface area contributed by atoms with E-state index >= 15 is 0 Å². The van der Waals surface area contributed by atoms with Gasteiger partial charge in [0.25, 0.3) is 0 Å². The monoisotopic (exact) mass is 191 g/mol. The molecule has 1 saturated heterocycles. The quantitative estimate of drug-likeness (QED) is 0.711. The van der Waals surface area contributed by atoms with E-state index in [1.54, 1.807) is 0 Å². The number of H-pyrrole nitrogens is 1. The predicted molar refractivity (Wildman–Crippen MR) is 58.5 cm³/mol. The molecule has 1 unspecified atom stereocenters. The van der Waals surface area contributed by atoms with Crippen LogP contribution < -0.4 is 5.32 Å². The lowest BCUT2D eigenvalue weighted by molar-refractivity contribution is 0.769. The van der Waals surface area contributed by atoms with Gasteiger partial charge in [-0.05, 0) is 30.5 Å². The fraction of sp³-hybridized carbons (Fsp3) is 0.333. The van der Waals surface area contributed by atoms with E-state index < -0.39 is 0 Å². The number of hydrogen-bond donors (Lipinski definition) is 2.